The fourth-order valence-electron chi connectivity index (χ4n) is 1.14. The Bertz CT molecular complexity index is 634. The Morgan fingerprint density at radius 2 is 1.88 bits per heavy atom. The Labute approximate surface area is 92.9 Å². The molecule has 17 heavy (non-hydrogen) atoms. The molecule has 0 fully saturated rings. The fraction of sp³-hybridized carbons (Fsp3) is 0.250. The highest BCUT2D eigenvalue weighted by molar-refractivity contribution is 6.07. The third kappa shape index (κ3) is 2.23. The molecular formula is C8H9N3O6. The van der Waals surface area contributed by atoms with Crippen LogP contribution in [0.1, 0.15) is 0 Å². The summed E-state index contributed by atoms with van der Waals surface area (Å²) < 4.78 is 0.703. The molecule has 9 nitrogen and oxygen atoms in total. The van der Waals surface area contributed by atoms with Crippen LogP contribution in [0.15, 0.2) is 21.0 Å². The predicted octanol–water partition coefficient (Wildman–Crippen LogP) is -2.75. The van der Waals surface area contributed by atoms with Crippen molar-refractivity contribution in [1.29, 1.82) is 0 Å². The topological polar surface area (TPSA) is 134 Å². The van der Waals surface area contributed by atoms with E-state index in [1.165, 1.54) is 0 Å². The van der Waals surface area contributed by atoms with Gasteiger partial charge in [-0.05, 0) is 0 Å². The number of nitrogens with zero attached hydrogens (tertiary/aromatic N) is 2. The van der Waals surface area contributed by atoms with E-state index in [9.17, 15) is 19.2 Å². The van der Waals surface area contributed by atoms with E-state index in [0.29, 0.717) is 4.57 Å². The lowest BCUT2D eigenvalue weighted by molar-refractivity contribution is -0.130. The number of hydrogen-bond donors (Lipinski definition) is 3. The number of hydrogen-bond acceptors (Lipinski definition) is 5. The van der Waals surface area contributed by atoms with Gasteiger partial charge in [0.15, 0.2) is 0 Å². The Balaban J connectivity index is 3.64. The number of H-pyrrole nitrogens is 1. The maximum Gasteiger partial charge on any atom is 0.352 e. The summed E-state index contributed by atoms with van der Waals surface area (Å²) in [5, 5.41) is 17.3. The molecule has 0 atom stereocenters. The highest BCUT2D eigenvalue weighted by atomic mass is 16.4. The van der Waals surface area contributed by atoms with Crippen molar-refractivity contribution in [3.05, 3.63) is 38.0 Å². The lowest BCUT2D eigenvalue weighted by atomic mass is 10.5. The third-order valence-corrected chi connectivity index (χ3v) is 1.92. The molecule has 0 bridgehead atoms. The second kappa shape index (κ2) is 4.61. The zero-order valence-corrected chi connectivity index (χ0v) is 8.54. The Kier molecular flexibility index (Phi) is 3.43. The van der Waals surface area contributed by atoms with E-state index in [2.05, 4.69) is 6.58 Å². The molecule has 0 radical (unpaired) electrons. The summed E-state index contributed by atoms with van der Waals surface area (Å²) in [6.07, 6.45) is 0. The Morgan fingerprint density at radius 3 is 2.35 bits per heavy atom. The van der Waals surface area contributed by atoms with Crippen LogP contribution in [-0.2, 0) is 11.3 Å². The van der Waals surface area contributed by atoms with Crippen LogP contribution < -0.4 is 17.1 Å². The van der Waals surface area contributed by atoms with Gasteiger partial charge in [0.1, 0.15) is 5.70 Å². The van der Waals surface area contributed by atoms with Crippen LogP contribution in [0.5, 0.6) is 0 Å². The summed E-state index contributed by atoms with van der Waals surface area (Å²) in [7, 11) is 0. The number of aliphatic hydroxyl groups is 1. The number of aromatic amines is 1. The zero-order valence-electron chi connectivity index (χ0n) is 8.54. The number of carboxylic acid groups (broad SMARTS) is 1. The van der Waals surface area contributed by atoms with E-state index in [4.69, 9.17) is 10.2 Å². The molecule has 92 valence electrons. The van der Waals surface area contributed by atoms with E-state index in [1.807, 2.05) is 0 Å². The largest absolute Gasteiger partial charge is 0.477 e. The minimum Gasteiger partial charge on any atom is -0.477 e. The van der Waals surface area contributed by atoms with Gasteiger partial charge < -0.3 is 10.2 Å². The number of carbonyl (C=O) groups is 1. The Morgan fingerprint density at radius 1 is 1.29 bits per heavy atom. The molecule has 0 aliphatic rings. The number of aliphatic hydroxyl groups excluding tert-OH is 1. The van der Waals surface area contributed by atoms with Crippen molar-refractivity contribution >= 4 is 11.7 Å². The van der Waals surface area contributed by atoms with Gasteiger partial charge in [-0.1, -0.05) is 6.58 Å². The molecule has 1 aromatic heterocycles. The van der Waals surface area contributed by atoms with E-state index < -0.39 is 35.3 Å². The van der Waals surface area contributed by atoms with Crippen molar-refractivity contribution < 1.29 is 15.0 Å². The molecule has 0 aliphatic heterocycles. The monoisotopic (exact) mass is 243 g/mol. The number of nitrogens with one attached hydrogen (secondary N) is 1. The second-order valence-corrected chi connectivity index (χ2v) is 2.98. The van der Waals surface area contributed by atoms with Crippen molar-refractivity contribution in [3.8, 4) is 0 Å². The maximum absolute atomic E-state index is 11.6. The van der Waals surface area contributed by atoms with E-state index >= 15 is 0 Å². The summed E-state index contributed by atoms with van der Waals surface area (Å²) in [6, 6.07) is 0. The minimum absolute atomic E-state index is 0.208. The van der Waals surface area contributed by atoms with Gasteiger partial charge in [-0.3, -0.25) is 4.98 Å². The summed E-state index contributed by atoms with van der Waals surface area (Å²) in [4.78, 5) is 46.4. The van der Waals surface area contributed by atoms with Crippen LogP contribution >= 0.6 is 0 Å². The lowest BCUT2D eigenvalue weighted by Gasteiger charge is -2.06. The maximum atomic E-state index is 11.6. The molecular weight excluding hydrogens is 234 g/mol. The Hall–Kier alpha value is -2.42. The van der Waals surface area contributed by atoms with Crippen LogP contribution in [0.3, 0.4) is 0 Å². The summed E-state index contributed by atoms with van der Waals surface area (Å²) >= 11 is 0. The van der Waals surface area contributed by atoms with Gasteiger partial charge in [0, 0.05) is 0 Å². The molecule has 0 unspecified atom stereocenters. The first-order valence-corrected chi connectivity index (χ1v) is 4.39. The molecule has 0 amide bonds. The van der Waals surface area contributed by atoms with Crippen molar-refractivity contribution in [2.24, 2.45) is 0 Å². The van der Waals surface area contributed by atoms with E-state index in [0.717, 1.165) is 0 Å². The van der Waals surface area contributed by atoms with Crippen molar-refractivity contribution in [1.82, 2.24) is 14.1 Å². The van der Waals surface area contributed by atoms with Gasteiger partial charge >= 0.3 is 23.0 Å². The first-order chi connectivity index (χ1) is 7.90. The van der Waals surface area contributed by atoms with E-state index in [-0.39, 0.29) is 11.1 Å². The van der Waals surface area contributed by atoms with Crippen LogP contribution in [-0.4, -0.2) is 36.9 Å². The number of aliphatic carboxylic acids is 1. The van der Waals surface area contributed by atoms with Crippen molar-refractivity contribution in [2.75, 3.05) is 6.61 Å². The fourth-order valence-corrected chi connectivity index (χ4v) is 1.14. The predicted molar refractivity (Wildman–Crippen MR) is 55.6 cm³/mol. The van der Waals surface area contributed by atoms with Crippen LogP contribution in [0, 0.1) is 0 Å². The standard InChI is InChI=1S/C8H9N3O6/c1-4(5(13)14)11-7(16)9-6(15)10(2-3-12)8(11)17/h12H,1-3H2,(H,13,14)(H,9,15,16). The molecule has 0 aliphatic carbocycles. The summed E-state index contributed by atoms with van der Waals surface area (Å²) in [5.41, 5.74) is -4.17. The summed E-state index contributed by atoms with van der Waals surface area (Å²) in [5.74, 6) is -1.58. The van der Waals surface area contributed by atoms with Gasteiger partial charge in [0.2, 0.25) is 0 Å². The van der Waals surface area contributed by atoms with Gasteiger partial charge in [0.05, 0.1) is 13.2 Å². The van der Waals surface area contributed by atoms with Gasteiger partial charge in [-0.15, -0.1) is 0 Å². The van der Waals surface area contributed by atoms with Gasteiger partial charge in [-0.2, -0.15) is 0 Å². The third-order valence-electron chi connectivity index (χ3n) is 1.92. The molecule has 3 N–H and O–H groups in total. The first kappa shape index (κ1) is 12.6. The van der Waals surface area contributed by atoms with Crippen LogP contribution in [0.25, 0.3) is 5.70 Å². The van der Waals surface area contributed by atoms with Gasteiger partial charge in [0.25, 0.3) is 0 Å². The number of carboxylic acids is 1. The normalized spacial score (nSPS) is 10.2. The lowest BCUT2D eigenvalue weighted by Crippen LogP contribution is -2.50. The molecule has 1 heterocycles. The summed E-state index contributed by atoms with van der Waals surface area (Å²) in [6.45, 7) is 2.17. The highest BCUT2D eigenvalue weighted by Gasteiger charge is 2.15. The molecule has 0 spiro atoms. The minimum atomic E-state index is -1.58. The van der Waals surface area contributed by atoms with Crippen molar-refractivity contribution in [3.63, 3.8) is 0 Å². The quantitative estimate of drug-likeness (QED) is 0.490. The van der Waals surface area contributed by atoms with E-state index in [1.54, 1.807) is 4.98 Å². The SMILES string of the molecule is C=C(C(=O)O)n1c(=O)[nH]c(=O)n(CCO)c1=O. The molecule has 9 heteroatoms. The second-order valence-electron chi connectivity index (χ2n) is 2.98. The molecule has 0 aromatic carbocycles. The first-order valence-electron chi connectivity index (χ1n) is 4.39. The molecule has 1 aromatic rings. The highest BCUT2D eigenvalue weighted by Crippen LogP contribution is 1.90. The van der Waals surface area contributed by atoms with Crippen LogP contribution in [0.4, 0.5) is 0 Å². The van der Waals surface area contributed by atoms with Crippen molar-refractivity contribution in [2.45, 2.75) is 6.54 Å². The number of rotatable bonds is 4. The zero-order chi connectivity index (χ0) is 13.2. The molecule has 0 saturated carbocycles. The van der Waals surface area contributed by atoms with Gasteiger partial charge in [-0.25, -0.2) is 28.3 Å². The average Bonchev–Trinajstić information content (AvgIpc) is 2.23. The average molecular weight is 243 g/mol. The molecule has 1 rings (SSSR count). The smallest absolute Gasteiger partial charge is 0.352 e. The molecule has 0 saturated heterocycles. The van der Waals surface area contributed by atoms with Crippen LogP contribution in [0.2, 0.25) is 0 Å². The number of aromatic nitrogens is 3.